The van der Waals surface area contributed by atoms with Gasteiger partial charge in [0.05, 0.1) is 25.5 Å². The standard InChI is InChI=1S/C19H17N7O/c1-27-15-4-2-12(3-5-15)6-17-22-9-14-10-26(11-16(14)24-17)19-23-8-13(7-20)18(21)25-19/h2-5,8-9H,6,10-11H2,1H3,(H2,21,23,25). The summed E-state index contributed by atoms with van der Waals surface area (Å²) in [5.74, 6) is 2.26. The summed E-state index contributed by atoms with van der Waals surface area (Å²) in [6.07, 6.45) is 3.95. The van der Waals surface area contributed by atoms with E-state index in [1.165, 1.54) is 6.20 Å². The number of nitrogens with two attached hydrogens (primary N) is 1. The molecule has 1 aromatic carbocycles. The highest BCUT2D eigenvalue weighted by Gasteiger charge is 2.24. The summed E-state index contributed by atoms with van der Waals surface area (Å²) in [4.78, 5) is 19.6. The van der Waals surface area contributed by atoms with Gasteiger partial charge in [-0.05, 0) is 17.7 Å². The molecule has 0 saturated heterocycles. The quantitative estimate of drug-likeness (QED) is 0.750. The molecule has 134 valence electrons. The first-order chi connectivity index (χ1) is 13.2. The van der Waals surface area contributed by atoms with Gasteiger partial charge in [0.15, 0.2) is 0 Å². The molecule has 8 nitrogen and oxygen atoms in total. The van der Waals surface area contributed by atoms with Crippen LogP contribution in [-0.2, 0) is 19.5 Å². The second-order valence-corrected chi connectivity index (χ2v) is 6.22. The van der Waals surface area contributed by atoms with Gasteiger partial charge >= 0.3 is 0 Å². The van der Waals surface area contributed by atoms with Crippen molar-refractivity contribution in [2.75, 3.05) is 17.7 Å². The molecule has 27 heavy (non-hydrogen) atoms. The van der Waals surface area contributed by atoms with Crippen LogP contribution in [0.5, 0.6) is 5.75 Å². The number of nitrogens with zero attached hydrogens (tertiary/aromatic N) is 6. The predicted molar refractivity (Wildman–Crippen MR) is 98.9 cm³/mol. The van der Waals surface area contributed by atoms with Gasteiger partial charge in [0.25, 0.3) is 0 Å². The van der Waals surface area contributed by atoms with Crippen molar-refractivity contribution in [3.8, 4) is 11.8 Å². The van der Waals surface area contributed by atoms with Crippen molar-refractivity contribution in [1.29, 1.82) is 5.26 Å². The summed E-state index contributed by atoms with van der Waals surface area (Å²) in [7, 11) is 1.65. The maximum absolute atomic E-state index is 8.95. The van der Waals surface area contributed by atoms with E-state index < -0.39 is 0 Å². The number of fused-ring (bicyclic) bond motifs is 1. The molecule has 0 spiro atoms. The highest BCUT2D eigenvalue weighted by atomic mass is 16.5. The Bertz CT molecular complexity index is 1030. The molecule has 0 radical (unpaired) electrons. The monoisotopic (exact) mass is 359 g/mol. The fourth-order valence-corrected chi connectivity index (χ4v) is 2.97. The van der Waals surface area contributed by atoms with Crippen LogP contribution < -0.4 is 15.4 Å². The summed E-state index contributed by atoms with van der Waals surface area (Å²) >= 11 is 0. The van der Waals surface area contributed by atoms with Crippen LogP contribution in [0.3, 0.4) is 0 Å². The molecule has 8 heteroatoms. The van der Waals surface area contributed by atoms with Crippen molar-refractivity contribution in [3.05, 3.63) is 64.9 Å². The molecule has 3 aromatic rings. The number of benzene rings is 1. The molecule has 0 aliphatic carbocycles. The van der Waals surface area contributed by atoms with Gasteiger partial charge in [0.2, 0.25) is 5.95 Å². The lowest BCUT2D eigenvalue weighted by atomic mass is 10.1. The minimum Gasteiger partial charge on any atom is -0.497 e. The molecule has 4 rings (SSSR count). The third-order valence-electron chi connectivity index (χ3n) is 4.44. The van der Waals surface area contributed by atoms with Gasteiger partial charge in [-0.1, -0.05) is 12.1 Å². The molecule has 2 aromatic heterocycles. The second-order valence-electron chi connectivity index (χ2n) is 6.22. The van der Waals surface area contributed by atoms with E-state index in [9.17, 15) is 0 Å². The van der Waals surface area contributed by atoms with Crippen molar-refractivity contribution in [2.24, 2.45) is 0 Å². The minimum atomic E-state index is 0.185. The van der Waals surface area contributed by atoms with Crippen LogP contribution in [0.1, 0.15) is 28.2 Å². The molecule has 1 aliphatic heterocycles. The first-order valence-electron chi connectivity index (χ1n) is 8.40. The lowest BCUT2D eigenvalue weighted by Gasteiger charge is -2.14. The van der Waals surface area contributed by atoms with E-state index in [1.807, 2.05) is 41.4 Å². The van der Waals surface area contributed by atoms with Gasteiger partial charge in [0.1, 0.15) is 29.0 Å². The fourth-order valence-electron chi connectivity index (χ4n) is 2.97. The molecule has 0 atom stereocenters. The molecule has 0 amide bonds. The molecule has 0 fully saturated rings. The molecule has 0 saturated carbocycles. The van der Waals surface area contributed by atoms with Gasteiger partial charge in [0, 0.05) is 24.7 Å². The first kappa shape index (κ1) is 16.7. The number of aromatic nitrogens is 4. The van der Waals surface area contributed by atoms with Gasteiger partial charge in [-0.3, -0.25) is 0 Å². The Kier molecular flexibility index (Phi) is 4.26. The number of methoxy groups -OCH3 is 1. The Balaban J connectivity index is 1.51. The van der Waals surface area contributed by atoms with Gasteiger partial charge in [-0.2, -0.15) is 10.2 Å². The largest absolute Gasteiger partial charge is 0.497 e. The lowest BCUT2D eigenvalue weighted by Crippen LogP contribution is -2.18. The average Bonchev–Trinajstić information content (AvgIpc) is 3.12. The van der Waals surface area contributed by atoms with Crippen LogP contribution in [0.25, 0.3) is 0 Å². The molecule has 3 heterocycles. The third-order valence-corrected chi connectivity index (χ3v) is 4.44. The SMILES string of the molecule is COc1ccc(Cc2ncc3c(n2)CN(c2ncc(C#N)c(N)n2)C3)cc1. The van der Waals surface area contributed by atoms with Crippen molar-refractivity contribution >= 4 is 11.8 Å². The number of rotatable bonds is 4. The van der Waals surface area contributed by atoms with E-state index in [2.05, 4.69) is 15.0 Å². The molecule has 1 aliphatic rings. The summed E-state index contributed by atoms with van der Waals surface area (Å²) < 4.78 is 5.18. The topological polar surface area (TPSA) is 114 Å². The number of anilines is 2. The van der Waals surface area contributed by atoms with Crippen molar-refractivity contribution in [2.45, 2.75) is 19.5 Å². The Morgan fingerprint density at radius 1 is 1.15 bits per heavy atom. The summed E-state index contributed by atoms with van der Waals surface area (Å²) in [5.41, 5.74) is 9.19. The van der Waals surface area contributed by atoms with Crippen LogP contribution in [0.2, 0.25) is 0 Å². The van der Waals surface area contributed by atoms with Crippen LogP contribution in [0.4, 0.5) is 11.8 Å². The predicted octanol–water partition coefficient (Wildman–Crippen LogP) is 1.84. The zero-order valence-corrected chi connectivity index (χ0v) is 14.8. The van der Waals surface area contributed by atoms with E-state index in [4.69, 9.17) is 20.7 Å². The van der Waals surface area contributed by atoms with Crippen molar-refractivity contribution in [1.82, 2.24) is 19.9 Å². The molecular weight excluding hydrogens is 342 g/mol. The smallest absolute Gasteiger partial charge is 0.228 e. The van der Waals surface area contributed by atoms with Crippen LogP contribution >= 0.6 is 0 Å². The van der Waals surface area contributed by atoms with E-state index in [1.54, 1.807) is 7.11 Å². The van der Waals surface area contributed by atoms with Crippen LogP contribution in [0.15, 0.2) is 36.7 Å². The molecule has 0 bridgehead atoms. The minimum absolute atomic E-state index is 0.185. The Hall–Kier alpha value is -3.73. The van der Waals surface area contributed by atoms with Gasteiger partial charge in [-0.25, -0.2) is 15.0 Å². The highest BCUT2D eigenvalue weighted by molar-refractivity contribution is 5.51. The number of nitrogen functional groups attached to an aromatic ring is 1. The third kappa shape index (κ3) is 3.35. The number of hydrogen-bond donors (Lipinski definition) is 1. The Morgan fingerprint density at radius 3 is 2.67 bits per heavy atom. The number of nitriles is 1. The zero-order valence-electron chi connectivity index (χ0n) is 14.8. The molecular formula is C19H17N7O. The Morgan fingerprint density at radius 2 is 1.96 bits per heavy atom. The summed E-state index contributed by atoms with van der Waals surface area (Å²) in [6.45, 7) is 1.20. The Labute approximate surface area is 156 Å². The fraction of sp³-hybridized carbons (Fsp3) is 0.211. The number of ether oxygens (including phenoxy) is 1. The van der Waals surface area contributed by atoms with Crippen molar-refractivity contribution in [3.63, 3.8) is 0 Å². The van der Waals surface area contributed by atoms with Crippen LogP contribution in [-0.4, -0.2) is 27.0 Å². The maximum atomic E-state index is 8.95. The summed E-state index contributed by atoms with van der Waals surface area (Å²) in [6, 6.07) is 9.84. The van der Waals surface area contributed by atoms with E-state index >= 15 is 0 Å². The average molecular weight is 359 g/mol. The maximum Gasteiger partial charge on any atom is 0.228 e. The van der Waals surface area contributed by atoms with E-state index in [-0.39, 0.29) is 11.4 Å². The molecule has 0 unspecified atom stereocenters. The highest BCUT2D eigenvalue weighted by Crippen LogP contribution is 2.25. The van der Waals surface area contributed by atoms with E-state index in [0.29, 0.717) is 25.5 Å². The van der Waals surface area contributed by atoms with Crippen LogP contribution in [0, 0.1) is 11.3 Å². The second kappa shape index (κ2) is 6.88. The van der Waals surface area contributed by atoms with Gasteiger partial charge in [-0.15, -0.1) is 0 Å². The molecule has 2 N–H and O–H groups in total. The zero-order chi connectivity index (χ0) is 18.8. The number of hydrogen-bond acceptors (Lipinski definition) is 8. The van der Waals surface area contributed by atoms with Crippen molar-refractivity contribution < 1.29 is 4.74 Å². The lowest BCUT2D eigenvalue weighted by molar-refractivity contribution is 0.414. The summed E-state index contributed by atoms with van der Waals surface area (Å²) in [5, 5.41) is 8.95. The van der Waals surface area contributed by atoms with E-state index in [0.717, 1.165) is 28.4 Å². The first-order valence-corrected chi connectivity index (χ1v) is 8.40. The van der Waals surface area contributed by atoms with Gasteiger partial charge < -0.3 is 15.4 Å². The normalized spacial score (nSPS) is 12.5.